The van der Waals surface area contributed by atoms with Crippen molar-refractivity contribution >= 4 is 15.9 Å². The molecule has 1 aromatic carbocycles. The van der Waals surface area contributed by atoms with Crippen molar-refractivity contribution in [2.24, 2.45) is 0 Å². The summed E-state index contributed by atoms with van der Waals surface area (Å²) in [7, 11) is 0. The number of hydrogen-bond acceptors (Lipinski definition) is 1. The maximum atomic E-state index is 13.4. The topological polar surface area (TPSA) is 12.0 Å². The molecule has 0 bridgehead atoms. The van der Waals surface area contributed by atoms with E-state index >= 15 is 0 Å². The van der Waals surface area contributed by atoms with Gasteiger partial charge < -0.3 is 5.32 Å². The summed E-state index contributed by atoms with van der Waals surface area (Å²) in [6.07, 6.45) is 2.74. The average Bonchev–Trinajstić information content (AvgIpc) is 2.17. The Morgan fingerprint density at radius 2 is 2.33 bits per heavy atom. The van der Waals surface area contributed by atoms with Gasteiger partial charge >= 0.3 is 0 Å². The van der Waals surface area contributed by atoms with Gasteiger partial charge in [-0.3, -0.25) is 0 Å². The highest BCUT2D eigenvalue weighted by Crippen LogP contribution is 2.15. The molecule has 1 N–H and O–H groups in total. The summed E-state index contributed by atoms with van der Waals surface area (Å²) in [6.45, 7) is 6.27. The molecule has 1 nitrogen and oxygen atoms in total. The van der Waals surface area contributed by atoms with Crippen LogP contribution < -0.4 is 5.32 Å². The Balaban J connectivity index is 2.54. The van der Waals surface area contributed by atoms with Gasteiger partial charge in [0.15, 0.2) is 0 Å². The van der Waals surface area contributed by atoms with E-state index in [-0.39, 0.29) is 5.82 Å². The first-order chi connectivity index (χ1) is 7.13. The van der Waals surface area contributed by atoms with Crippen LogP contribution in [0.15, 0.2) is 35.3 Å². The molecule has 0 saturated carbocycles. The first-order valence-corrected chi connectivity index (χ1v) is 5.71. The van der Waals surface area contributed by atoms with Crippen LogP contribution in [0.5, 0.6) is 0 Å². The molecule has 0 aliphatic rings. The predicted octanol–water partition coefficient (Wildman–Crippen LogP) is 3.64. The second-order valence-corrected chi connectivity index (χ2v) is 4.46. The maximum absolute atomic E-state index is 13.4. The zero-order valence-electron chi connectivity index (χ0n) is 8.76. The van der Waals surface area contributed by atoms with Gasteiger partial charge in [-0.05, 0) is 25.5 Å². The number of hydrogen-bond donors (Lipinski definition) is 1. The molecular weight excluding hydrogens is 257 g/mol. The van der Waals surface area contributed by atoms with Crippen molar-refractivity contribution in [2.75, 3.05) is 0 Å². The summed E-state index contributed by atoms with van der Waals surface area (Å²) in [6, 6.07) is 5.44. The van der Waals surface area contributed by atoms with Crippen molar-refractivity contribution in [3.8, 4) is 0 Å². The van der Waals surface area contributed by atoms with Crippen LogP contribution in [0.4, 0.5) is 4.39 Å². The van der Waals surface area contributed by atoms with Crippen molar-refractivity contribution in [1.29, 1.82) is 0 Å². The van der Waals surface area contributed by atoms with Crippen molar-refractivity contribution in [3.05, 3.63) is 46.7 Å². The quantitative estimate of drug-likeness (QED) is 0.807. The molecule has 1 aromatic rings. The standard InChI is InChI=1S/C12H15BrFN/c1-3-4-9(2)15-8-10-5-6-11(13)7-12(10)14/h3,5-7,9,15H,1,4,8H2,2H3. The fraction of sp³-hybridized carbons (Fsp3) is 0.333. The van der Waals surface area contributed by atoms with E-state index in [2.05, 4.69) is 34.7 Å². The van der Waals surface area contributed by atoms with E-state index in [9.17, 15) is 4.39 Å². The van der Waals surface area contributed by atoms with Crippen molar-refractivity contribution in [2.45, 2.75) is 25.9 Å². The van der Waals surface area contributed by atoms with Crippen LogP contribution in [0.1, 0.15) is 18.9 Å². The highest BCUT2D eigenvalue weighted by atomic mass is 79.9. The second kappa shape index (κ2) is 6.03. The molecule has 1 rings (SSSR count). The van der Waals surface area contributed by atoms with Gasteiger partial charge in [-0.1, -0.05) is 28.1 Å². The first-order valence-electron chi connectivity index (χ1n) is 4.91. The highest BCUT2D eigenvalue weighted by Gasteiger charge is 2.04. The summed E-state index contributed by atoms with van der Waals surface area (Å²) in [5, 5.41) is 3.23. The zero-order chi connectivity index (χ0) is 11.3. The molecule has 0 fully saturated rings. The van der Waals surface area contributed by atoms with E-state index in [1.165, 1.54) is 6.07 Å². The zero-order valence-corrected chi connectivity index (χ0v) is 10.3. The molecule has 0 amide bonds. The molecule has 0 spiro atoms. The molecule has 0 aliphatic carbocycles. The van der Waals surface area contributed by atoms with E-state index in [1.807, 2.05) is 12.1 Å². The fourth-order valence-electron chi connectivity index (χ4n) is 1.28. The van der Waals surface area contributed by atoms with Gasteiger partial charge in [0.25, 0.3) is 0 Å². The van der Waals surface area contributed by atoms with E-state index in [4.69, 9.17) is 0 Å². The largest absolute Gasteiger partial charge is 0.310 e. The molecule has 0 heterocycles. The Kier molecular flexibility index (Phi) is 4.99. The van der Waals surface area contributed by atoms with Crippen LogP contribution in [0, 0.1) is 5.82 Å². The smallest absolute Gasteiger partial charge is 0.128 e. The molecule has 82 valence electrons. The maximum Gasteiger partial charge on any atom is 0.128 e. The minimum Gasteiger partial charge on any atom is -0.310 e. The normalized spacial score (nSPS) is 12.5. The van der Waals surface area contributed by atoms with Gasteiger partial charge in [0.2, 0.25) is 0 Å². The number of rotatable bonds is 5. The lowest BCUT2D eigenvalue weighted by molar-refractivity contribution is 0.531. The van der Waals surface area contributed by atoms with Crippen molar-refractivity contribution in [1.82, 2.24) is 5.32 Å². The van der Waals surface area contributed by atoms with E-state index in [0.29, 0.717) is 18.2 Å². The molecule has 0 saturated heterocycles. The Labute approximate surface area is 98.5 Å². The Bertz CT molecular complexity index is 338. The van der Waals surface area contributed by atoms with Gasteiger partial charge in [-0.15, -0.1) is 6.58 Å². The number of nitrogens with one attached hydrogen (secondary N) is 1. The minimum absolute atomic E-state index is 0.178. The Hall–Kier alpha value is -0.670. The third-order valence-electron chi connectivity index (χ3n) is 2.18. The highest BCUT2D eigenvalue weighted by molar-refractivity contribution is 9.10. The molecule has 0 aromatic heterocycles. The SMILES string of the molecule is C=CCC(C)NCc1ccc(Br)cc1F. The summed E-state index contributed by atoms with van der Waals surface area (Å²) < 4.78 is 14.2. The average molecular weight is 272 g/mol. The van der Waals surface area contributed by atoms with E-state index in [0.717, 1.165) is 10.9 Å². The van der Waals surface area contributed by atoms with Gasteiger partial charge in [0, 0.05) is 22.6 Å². The summed E-state index contributed by atoms with van der Waals surface area (Å²) >= 11 is 3.23. The molecule has 0 radical (unpaired) electrons. The van der Waals surface area contributed by atoms with Crippen LogP contribution in [0.25, 0.3) is 0 Å². The lowest BCUT2D eigenvalue weighted by atomic mass is 10.2. The van der Waals surface area contributed by atoms with Gasteiger partial charge in [0.1, 0.15) is 5.82 Å². The molecule has 0 aliphatic heterocycles. The first kappa shape index (κ1) is 12.4. The predicted molar refractivity (Wildman–Crippen MR) is 65.2 cm³/mol. The van der Waals surface area contributed by atoms with Crippen LogP contribution >= 0.6 is 15.9 Å². The Morgan fingerprint density at radius 1 is 1.60 bits per heavy atom. The molecule has 1 atom stereocenters. The van der Waals surface area contributed by atoms with Crippen LogP contribution in [0.3, 0.4) is 0 Å². The Morgan fingerprint density at radius 3 is 2.93 bits per heavy atom. The molecule has 1 unspecified atom stereocenters. The van der Waals surface area contributed by atoms with E-state index in [1.54, 1.807) is 6.07 Å². The lowest BCUT2D eigenvalue weighted by Crippen LogP contribution is -2.25. The molecule has 3 heteroatoms. The number of benzene rings is 1. The van der Waals surface area contributed by atoms with Gasteiger partial charge in [-0.2, -0.15) is 0 Å². The van der Waals surface area contributed by atoms with Gasteiger partial charge in [0.05, 0.1) is 0 Å². The lowest BCUT2D eigenvalue weighted by Gasteiger charge is -2.12. The second-order valence-electron chi connectivity index (χ2n) is 3.54. The van der Waals surface area contributed by atoms with Crippen LogP contribution in [-0.4, -0.2) is 6.04 Å². The number of halogens is 2. The van der Waals surface area contributed by atoms with Gasteiger partial charge in [-0.25, -0.2) is 4.39 Å². The summed E-state index contributed by atoms with van der Waals surface area (Å²) in [4.78, 5) is 0. The molecule has 15 heavy (non-hydrogen) atoms. The van der Waals surface area contributed by atoms with Crippen LogP contribution in [-0.2, 0) is 6.54 Å². The third-order valence-corrected chi connectivity index (χ3v) is 2.67. The summed E-state index contributed by atoms with van der Waals surface area (Å²) in [5.74, 6) is -0.178. The van der Waals surface area contributed by atoms with Crippen LogP contribution in [0.2, 0.25) is 0 Å². The van der Waals surface area contributed by atoms with Crippen molar-refractivity contribution in [3.63, 3.8) is 0 Å². The summed E-state index contributed by atoms with van der Waals surface area (Å²) in [5.41, 5.74) is 0.689. The monoisotopic (exact) mass is 271 g/mol. The fourth-order valence-corrected chi connectivity index (χ4v) is 1.62. The van der Waals surface area contributed by atoms with Crippen molar-refractivity contribution < 1.29 is 4.39 Å². The van der Waals surface area contributed by atoms with E-state index < -0.39 is 0 Å². The molecular formula is C12H15BrFN. The minimum atomic E-state index is -0.178. The third kappa shape index (κ3) is 4.14.